The predicted octanol–water partition coefficient (Wildman–Crippen LogP) is 2.34. The second-order valence-corrected chi connectivity index (χ2v) is 7.60. The first-order chi connectivity index (χ1) is 8.93. The standard InChI is InChI=1S/C13H11NO3S2/c1-14(2)19(16,17)11-7-6-10-12-8(11)4-3-5-9(12)13(15)18-10/h3-7H,1-2H3. The van der Waals surface area contributed by atoms with E-state index in [2.05, 4.69) is 0 Å². The molecule has 0 saturated heterocycles. The summed E-state index contributed by atoms with van der Waals surface area (Å²) in [5.74, 6) is 0. The van der Waals surface area contributed by atoms with Gasteiger partial charge in [0.1, 0.15) is 0 Å². The Balaban J connectivity index is 2.44. The summed E-state index contributed by atoms with van der Waals surface area (Å²) in [7, 11) is -0.517. The maximum atomic E-state index is 12.3. The van der Waals surface area contributed by atoms with Gasteiger partial charge in [0, 0.05) is 35.3 Å². The normalized spacial score (nSPS) is 14.6. The first kappa shape index (κ1) is 12.7. The van der Waals surface area contributed by atoms with E-state index in [-0.39, 0.29) is 10.0 Å². The summed E-state index contributed by atoms with van der Waals surface area (Å²) in [5.41, 5.74) is 0.591. The lowest BCUT2D eigenvalue weighted by Crippen LogP contribution is -2.22. The van der Waals surface area contributed by atoms with Gasteiger partial charge >= 0.3 is 0 Å². The van der Waals surface area contributed by atoms with Gasteiger partial charge in [-0.25, -0.2) is 12.7 Å². The molecule has 3 rings (SSSR count). The monoisotopic (exact) mass is 293 g/mol. The number of thioether (sulfide) groups is 1. The summed E-state index contributed by atoms with van der Waals surface area (Å²) < 4.78 is 25.8. The molecule has 2 aromatic rings. The minimum Gasteiger partial charge on any atom is -0.281 e. The molecule has 0 amide bonds. The van der Waals surface area contributed by atoms with E-state index < -0.39 is 10.0 Å². The smallest absolute Gasteiger partial charge is 0.243 e. The molecular weight excluding hydrogens is 282 g/mol. The van der Waals surface area contributed by atoms with E-state index >= 15 is 0 Å². The highest BCUT2D eigenvalue weighted by Gasteiger charge is 2.27. The maximum Gasteiger partial charge on any atom is 0.243 e. The fourth-order valence-electron chi connectivity index (χ4n) is 2.18. The Kier molecular flexibility index (Phi) is 2.70. The van der Waals surface area contributed by atoms with Crippen LogP contribution in [-0.4, -0.2) is 31.9 Å². The van der Waals surface area contributed by atoms with Gasteiger partial charge in [0.05, 0.1) is 4.90 Å². The fourth-order valence-corrected chi connectivity index (χ4v) is 4.20. The number of hydrogen-bond donors (Lipinski definition) is 0. The van der Waals surface area contributed by atoms with Crippen molar-refractivity contribution in [3.8, 4) is 0 Å². The first-order valence-electron chi connectivity index (χ1n) is 5.63. The van der Waals surface area contributed by atoms with Crippen LogP contribution in [0, 0.1) is 0 Å². The van der Waals surface area contributed by atoms with Gasteiger partial charge in [-0.1, -0.05) is 12.1 Å². The molecular formula is C13H11NO3S2. The average molecular weight is 293 g/mol. The average Bonchev–Trinajstić information content (AvgIpc) is 2.68. The van der Waals surface area contributed by atoms with Crippen molar-refractivity contribution in [2.75, 3.05) is 14.1 Å². The van der Waals surface area contributed by atoms with E-state index in [9.17, 15) is 13.2 Å². The van der Waals surface area contributed by atoms with E-state index in [1.165, 1.54) is 18.4 Å². The number of benzene rings is 2. The minimum absolute atomic E-state index is 0.0278. The van der Waals surface area contributed by atoms with Crippen molar-refractivity contribution in [2.24, 2.45) is 0 Å². The molecule has 0 atom stereocenters. The van der Waals surface area contributed by atoms with Gasteiger partial charge in [-0.15, -0.1) is 0 Å². The third-order valence-corrected chi connectivity index (χ3v) is 5.98. The molecule has 0 radical (unpaired) electrons. The zero-order valence-electron chi connectivity index (χ0n) is 10.4. The van der Waals surface area contributed by atoms with Gasteiger partial charge in [-0.2, -0.15) is 0 Å². The van der Waals surface area contributed by atoms with Crippen molar-refractivity contribution in [1.82, 2.24) is 4.31 Å². The second kappa shape index (κ2) is 4.06. The van der Waals surface area contributed by atoms with Crippen LogP contribution in [-0.2, 0) is 10.0 Å². The van der Waals surface area contributed by atoms with Crippen LogP contribution < -0.4 is 0 Å². The molecule has 0 saturated carbocycles. The lowest BCUT2D eigenvalue weighted by atomic mass is 10.1. The number of carbonyl (C=O) groups excluding carboxylic acids is 1. The number of rotatable bonds is 2. The summed E-state index contributed by atoms with van der Waals surface area (Å²) >= 11 is 1.15. The van der Waals surface area contributed by atoms with E-state index in [0.29, 0.717) is 10.9 Å². The highest BCUT2D eigenvalue weighted by atomic mass is 32.2. The molecule has 0 aromatic heterocycles. The fraction of sp³-hybridized carbons (Fsp3) is 0.154. The lowest BCUT2D eigenvalue weighted by molar-refractivity contribution is 0.109. The summed E-state index contributed by atoms with van der Waals surface area (Å²) in [6.45, 7) is 0. The Bertz CT molecular complexity index is 810. The molecule has 1 aliphatic rings. The van der Waals surface area contributed by atoms with Crippen molar-refractivity contribution in [1.29, 1.82) is 0 Å². The maximum absolute atomic E-state index is 12.3. The van der Waals surface area contributed by atoms with E-state index in [1.54, 1.807) is 30.3 Å². The van der Waals surface area contributed by atoms with E-state index in [0.717, 1.165) is 22.0 Å². The Hall–Kier alpha value is -1.37. The Morgan fingerprint density at radius 3 is 2.53 bits per heavy atom. The Labute approximate surface area is 115 Å². The minimum atomic E-state index is -3.51. The molecule has 1 aliphatic heterocycles. The van der Waals surface area contributed by atoms with Crippen LogP contribution in [0.3, 0.4) is 0 Å². The number of carbonyl (C=O) groups is 1. The van der Waals surface area contributed by atoms with Crippen LogP contribution in [0.15, 0.2) is 40.1 Å². The molecule has 0 bridgehead atoms. The van der Waals surface area contributed by atoms with Gasteiger partial charge in [0.15, 0.2) is 0 Å². The van der Waals surface area contributed by atoms with Crippen molar-refractivity contribution in [2.45, 2.75) is 9.79 Å². The number of nitrogens with zero attached hydrogens (tertiary/aromatic N) is 1. The van der Waals surface area contributed by atoms with Crippen LogP contribution >= 0.6 is 11.8 Å². The molecule has 98 valence electrons. The van der Waals surface area contributed by atoms with Crippen LogP contribution in [0.5, 0.6) is 0 Å². The molecule has 0 aliphatic carbocycles. The highest BCUT2D eigenvalue weighted by Crippen LogP contribution is 2.42. The molecule has 1 heterocycles. The molecule has 0 spiro atoms. The first-order valence-corrected chi connectivity index (χ1v) is 7.89. The summed E-state index contributed by atoms with van der Waals surface area (Å²) in [4.78, 5) is 12.9. The number of hydrogen-bond acceptors (Lipinski definition) is 4. The summed E-state index contributed by atoms with van der Waals surface area (Å²) in [6.07, 6.45) is 0. The van der Waals surface area contributed by atoms with Crippen LogP contribution in [0.4, 0.5) is 0 Å². The molecule has 19 heavy (non-hydrogen) atoms. The van der Waals surface area contributed by atoms with E-state index in [1.807, 2.05) is 0 Å². The Morgan fingerprint density at radius 2 is 1.84 bits per heavy atom. The molecule has 2 aromatic carbocycles. The predicted molar refractivity (Wildman–Crippen MR) is 75.0 cm³/mol. The van der Waals surface area contributed by atoms with E-state index in [4.69, 9.17) is 0 Å². The van der Waals surface area contributed by atoms with Crippen molar-refractivity contribution in [3.63, 3.8) is 0 Å². The van der Waals surface area contributed by atoms with Gasteiger partial charge in [0.25, 0.3) is 0 Å². The van der Waals surface area contributed by atoms with Gasteiger partial charge in [-0.05, 0) is 30.0 Å². The molecule has 4 nitrogen and oxygen atoms in total. The topological polar surface area (TPSA) is 54.5 Å². The van der Waals surface area contributed by atoms with Crippen LogP contribution in [0.1, 0.15) is 10.4 Å². The lowest BCUT2D eigenvalue weighted by Gasteiger charge is -2.13. The van der Waals surface area contributed by atoms with Gasteiger partial charge in [-0.3, -0.25) is 4.79 Å². The number of sulfonamides is 1. The highest BCUT2D eigenvalue weighted by molar-refractivity contribution is 8.14. The Morgan fingerprint density at radius 1 is 1.11 bits per heavy atom. The molecule has 0 fully saturated rings. The third kappa shape index (κ3) is 1.71. The van der Waals surface area contributed by atoms with Crippen molar-refractivity contribution < 1.29 is 13.2 Å². The van der Waals surface area contributed by atoms with Gasteiger partial charge in [0.2, 0.25) is 15.1 Å². The quantitative estimate of drug-likeness (QED) is 0.853. The zero-order chi connectivity index (χ0) is 13.8. The van der Waals surface area contributed by atoms with Crippen molar-refractivity contribution in [3.05, 3.63) is 35.9 Å². The zero-order valence-corrected chi connectivity index (χ0v) is 12.0. The second-order valence-electron chi connectivity index (χ2n) is 4.47. The molecule has 6 heteroatoms. The third-order valence-electron chi connectivity index (χ3n) is 3.14. The SMILES string of the molecule is CN(C)S(=O)(=O)c1ccc2c3c(cccc13)C(=O)S2. The van der Waals surface area contributed by atoms with Crippen LogP contribution in [0.25, 0.3) is 10.8 Å². The summed E-state index contributed by atoms with van der Waals surface area (Å²) in [5, 5.41) is 1.34. The summed E-state index contributed by atoms with van der Waals surface area (Å²) in [6, 6.07) is 8.48. The van der Waals surface area contributed by atoms with Gasteiger partial charge < -0.3 is 0 Å². The largest absolute Gasteiger partial charge is 0.281 e. The van der Waals surface area contributed by atoms with Crippen molar-refractivity contribution >= 4 is 37.7 Å². The molecule has 0 unspecified atom stereocenters. The molecule has 0 N–H and O–H groups in total. The van der Waals surface area contributed by atoms with Crippen LogP contribution in [0.2, 0.25) is 0 Å².